The van der Waals surface area contributed by atoms with E-state index in [1.165, 1.54) is 0 Å². The molecular weight excluding hydrogens is 194 g/mol. The van der Waals surface area contributed by atoms with Gasteiger partial charge in [-0.05, 0) is 12.1 Å². The number of hydrogen-bond acceptors (Lipinski definition) is 3. The van der Waals surface area contributed by atoms with E-state index in [4.69, 9.17) is 10.8 Å². The van der Waals surface area contributed by atoms with E-state index < -0.39 is 5.91 Å². The summed E-state index contributed by atoms with van der Waals surface area (Å²) >= 11 is 0. The van der Waals surface area contributed by atoms with Crippen LogP contribution in [0.15, 0.2) is 24.5 Å². The molecule has 0 unspecified atom stereocenters. The molecule has 0 atom stereocenters. The summed E-state index contributed by atoms with van der Waals surface area (Å²) in [6, 6.07) is 3.36. The smallest absolute Gasteiger partial charge is 0.250 e. The summed E-state index contributed by atoms with van der Waals surface area (Å²) in [5.74, 6) is -0.464. The monoisotopic (exact) mass is 205 g/mol. The number of nitrogens with two attached hydrogens (primary N) is 1. The van der Waals surface area contributed by atoms with Crippen LogP contribution in [-0.4, -0.2) is 27.0 Å². The van der Waals surface area contributed by atoms with E-state index in [-0.39, 0.29) is 6.61 Å². The molecule has 0 aliphatic carbocycles. The third-order valence-corrected chi connectivity index (χ3v) is 2.15. The van der Waals surface area contributed by atoms with Crippen LogP contribution in [0.3, 0.4) is 0 Å². The third kappa shape index (κ3) is 1.82. The van der Waals surface area contributed by atoms with Gasteiger partial charge in [0.05, 0.1) is 11.3 Å². The molecule has 0 aliphatic heterocycles. The molecule has 0 radical (unpaired) electrons. The fourth-order valence-electron chi connectivity index (χ4n) is 1.43. The summed E-state index contributed by atoms with van der Waals surface area (Å²) < 4.78 is 1.73. The number of aliphatic hydroxyl groups is 1. The van der Waals surface area contributed by atoms with Gasteiger partial charge in [-0.2, -0.15) is 0 Å². The van der Waals surface area contributed by atoms with Gasteiger partial charge in [0.15, 0.2) is 0 Å². The van der Waals surface area contributed by atoms with Crippen molar-refractivity contribution in [2.45, 2.75) is 6.42 Å². The van der Waals surface area contributed by atoms with Crippen molar-refractivity contribution >= 4 is 11.6 Å². The normalized spacial score (nSPS) is 10.7. The van der Waals surface area contributed by atoms with E-state index in [2.05, 4.69) is 4.98 Å². The SMILES string of the molecule is NC(=O)c1ccc2nc(CCO)cn2c1. The summed E-state index contributed by atoms with van der Waals surface area (Å²) in [5, 5.41) is 8.76. The molecule has 5 nitrogen and oxygen atoms in total. The number of aliphatic hydroxyl groups excluding tert-OH is 1. The Hall–Kier alpha value is -1.88. The molecular formula is C10H11N3O2. The van der Waals surface area contributed by atoms with Crippen LogP contribution in [0.5, 0.6) is 0 Å². The molecule has 2 rings (SSSR count). The van der Waals surface area contributed by atoms with Crippen molar-refractivity contribution in [3.8, 4) is 0 Å². The lowest BCUT2D eigenvalue weighted by molar-refractivity contribution is 0.1000. The van der Waals surface area contributed by atoms with Crippen LogP contribution >= 0.6 is 0 Å². The third-order valence-electron chi connectivity index (χ3n) is 2.15. The zero-order chi connectivity index (χ0) is 10.8. The van der Waals surface area contributed by atoms with Gasteiger partial charge in [0.1, 0.15) is 5.65 Å². The lowest BCUT2D eigenvalue weighted by Gasteiger charge is -1.95. The van der Waals surface area contributed by atoms with E-state index in [0.29, 0.717) is 12.0 Å². The van der Waals surface area contributed by atoms with Gasteiger partial charge in [-0.1, -0.05) is 0 Å². The highest BCUT2D eigenvalue weighted by Gasteiger charge is 2.04. The first kappa shape index (κ1) is 9.67. The average Bonchev–Trinajstić information content (AvgIpc) is 2.59. The lowest BCUT2D eigenvalue weighted by Crippen LogP contribution is -2.11. The molecule has 0 aliphatic rings. The maximum atomic E-state index is 10.9. The number of nitrogens with zero attached hydrogens (tertiary/aromatic N) is 2. The van der Waals surface area contributed by atoms with Crippen LogP contribution in [0.2, 0.25) is 0 Å². The zero-order valence-electron chi connectivity index (χ0n) is 8.05. The second kappa shape index (κ2) is 3.70. The molecule has 2 heterocycles. The van der Waals surface area contributed by atoms with Crippen LogP contribution in [0.1, 0.15) is 16.1 Å². The van der Waals surface area contributed by atoms with Gasteiger partial charge in [-0.25, -0.2) is 4.98 Å². The van der Waals surface area contributed by atoms with Crippen LogP contribution in [0, 0.1) is 0 Å². The Morgan fingerprint density at radius 2 is 2.27 bits per heavy atom. The molecule has 0 fully saturated rings. The van der Waals surface area contributed by atoms with E-state index >= 15 is 0 Å². The van der Waals surface area contributed by atoms with E-state index in [0.717, 1.165) is 11.3 Å². The first-order chi connectivity index (χ1) is 7.20. The highest BCUT2D eigenvalue weighted by molar-refractivity contribution is 5.92. The average molecular weight is 205 g/mol. The van der Waals surface area contributed by atoms with Gasteiger partial charge in [-0.15, -0.1) is 0 Å². The van der Waals surface area contributed by atoms with Crippen molar-refractivity contribution in [1.29, 1.82) is 0 Å². The Morgan fingerprint density at radius 3 is 2.93 bits per heavy atom. The Labute approximate surface area is 86.2 Å². The van der Waals surface area contributed by atoms with Gasteiger partial charge in [0, 0.05) is 25.4 Å². The summed E-state index contributed by atoms with van der Waals surface area (Å²) in [6.45, 7) is 0.0621. The summed E-state index contributed by atoms with van der Waals surface area (Å²) in [7, 11) is 0. The minimum Gasteiger partial charge on any atom is -0.396 e. The van der Waals surface area contributed by atoms with E-state index in [1.54, 1.807) is 28.9 Å². The topological polar surface area (TPSA) is 80.6 Å². The maximum absolute atomic E-state index is 10.9. The van der Waals surface area contributed by atoms with Crippen LogP contribution in [0.25, 0.3) is 5.65 Å². The van der Waals surface area contributed by atoms with E-state index in [1.807, 2.05) is 0 Å². The number of aromatic nitrogens is 2. The summed E-state index contributed by atoms with van der Waals surface area (Å²) in [4.78, 5) is 15.2. The predicted molar refractivity (Wildman–Crippen MR) is 54.5 cm³/mol. The second-order valence-corrected chi connectivity index (χ2v) is 3.25. The van der Waals surface area contributed by atoms with E-state index in [9.17, 15) is 4.79 Å². The van der Waals surface area contributed by atoms with Gasteiger partial charge < -0.3 is 15.2 Å². The Morgan fingerprint density at radius 1 is 1.47 bits per heavy atom. The van der Waals surface area contributed by atoms with Crippen molar-refractivity contribution < 1.29 is 9.90 Å². The number of hydrogen-bond donors (Lipinski definition) is 2. The molecule has 0 aromatic carbocycles. The lowest BCUT2D eigenvalue weighted by atomic mass is 10.3. The maximum Gasteiger partial charge on any atom is 0.250 e. The largest absolute Gasteiger partial charge is 0.396 e. The minimum absolute atomic E-state index is 0.0621. The molecule has 2 aromatic heterocycles. The molecule has 2 aromatic rings. The molecule has 3 N–H and O–H groups in total. The van der Waals surface area contributed by atoms with Crippen molar-refractivity contribution in [3.05, 3.63) is 35.8 Å². The highest BCUT2D eigenvalue weighted by Crippen LogP contribution is 2.07. The molecule has 15 heavy (non-hydrogen) atoms. The molecule has 0 saturated carbocycles. The first-order valence-corrected chi connectivity index (χ1v) is 4.59. The number of imidazole rings is 1. The standard InChI is InChI=1S/C10H11N3O2/c11-10(15)7-1-2-9-12-8(3-4-14)6-13(9)5-7/h1-2,5-6,14H,3-4H2,(H2,11,15). The Kier molecular flexibility index (Phi) is 2.39. The van der Waals surface area contributed by atoms with Crippen LogP contribution in [0.4, 0.5) is 0 Å². The number of carbonyl (C=O) groups is 1. The van der Waals surface area contributed by atoms with Crippen molar-refractivity contribution in [2.75, 3.05) is 6.61 Å². The van der Waals surface area contributed by atoms with Gasteiger partial charge in [0.25, 0.3) is 0 Å². The van der Waals surface area contributed by atoms with Crippen molar-refractivity contribution in [1.82, 2.24) is 9.38 Å². The molecule has 1 amide bonds. The van der Waals surface area contributed by atoms with Gasteiger partial charge in [-0.3, -0.25) is 4.79 Å². The Bertz CT molecular complexity index is 504. The number of amides is 1. The van der Waals surface area contributed by atoms with Crippen molar-refractivity contribution in [3.63, 3.8) is 0 Å². The number of rotatable bonds is 3. The number of pyridine rings is 1. The molecule has 0 saturated heterocycles. The Balaban J connectivity index is 2.47. The summed E-state index contributed by atoms with van der Waals surface area (Å²) in [5.41, 5.74) is 7.13. The first-order valence-electron chi connectivity index (χ1n) is 4.59. The number of primary amides is 1. The number of carbonyl (C=O) groups excluding carboxylic acids is 1. The molecule has 0 spiro atoms. The van der Waals surface area contributed by atoms with Gasteiger partial charge >= 0.3 is 0 Å². The minimum atomic E-state index is -0.464. The molecule has 78 valence electrons. The second-order valence-electron chi connectivity index (χ2n) is 3.25. The zero-order valence-corrected chi connectivity index (χ0v) is 8.05. The summed E-state index contributed by atoms with van der Waals surface area (Å²) in [6.07, 6.45) is 3.91. The van der Waals surface area contributed by atoms with Crippen LogP contribution in [-0.2, 0) is 6.42 Å². The van der Waals surface area contributed by atoms with Crippen LogP contribution < -0.4 is 5.73 Å². The highest BCUT2D eigenvalue weighted by atomic mass is 16.3. The fourth-order valence-corrected chi connectivity index (χ4v) is 1.43. The molecule has 0 bridgehead atoms. The predicted octanol–water partition coefficient (Wildman–Crippen LogP) is -0.0320. The van der Waals surface area contributed by atoms with Crippen molar-refractivity contribution in [2.24, 2.45) is 5.73 Å². The van der Waals surface area contributed by atoms with Gasteiger partial charge in [0.2, 0.25) is 5.91 Å². The fraction of sp³-hybridized carbons (Fsp3) is 0.200. The quantitative estimate of drug-likeness (QED) is 0.738. The number of fused-ring (bicyclic) bond motifs is 1. The molecule has 5 heteroatoms.